The predicted octanol–water partition coefficient (Wildman–Crippen LogP) is 6.59. The van der Waals surface area contributed by atoms with Crippen molar-refractivity contribution in [1.29, 1.82) is 0 Å². The van der Waals surface area contributed by atoms with Gasteiger partial charge >= 0.3 is 0 Å². The number of nitrogens with zero attached hydrogens (tertiary/aromatic N) is 3. The van der Waals surface area contributed by atoms with Crippen LogP contribution in [0.25, 0.3) is 0 Å². The molecule has 0 saturated carbocycles. The van der Waals surface area contributed by atoms with Gasteiger partial charge in [-0.15, -0.1) is 0 Å². The number of hydrogen-bond acceptors (Lipinski definition) is 4. The third kappa shape index (κ3) is 4.23. The summed E-state index contributed by atoms with van der Waals surface area (Å²) in [6.07, 6.45) is 3.54. The van der Waals surface area contributed by atoms with Gasteiger partial charge in [-0.3, -0.25) is 9.85 Å². The Hall–Kier alpha value is -2.17. The standard InChI is InChI=1S/C28H39N3O/c1-21-14-16-23(17-15-21)30-24(20-32-31-26(2,3)18-11-19-27(31,4)5)28(6,7)25(29-30)22-12-9-8-10-13-22/h8-10,12-17,24H,11,18-20H2,1-7H3. The van der Waals surface area contributed by atoms with Gasteiger partial charge in [0.15, 0.2) is 0 Å². The number of piperidine rings is 1. The molecule has 0 spiro atoms. The molecule has 4 heteroatoms. The van der Waals surface area contributed by atoms with Gasteiger partial charge < -0.3 is 0 Å². The highest BCUT2D eigenvalue weighted by molar-refractivity contribution is 6.07. The number of rotatable bonds is 5. The molecule has 4 nitrogen and oxygen atoms in total. The molecule has 2 aromatic rings. The average Bonchev–Trinajstić information content (AvgIpc) is 2.98. The molecule has 32 heavy (non-hydrogen) atoms. The fourth-order valence-corrected chi connectivity index (χ4v) is 5.48. The highest BCUT2D eigenvalue weighted by Gasteiger charge is 2.48. The number of aryl methyl sites for hydroxylation is 1. The Bertz CT molecular complexity index is 944. The molecule has 0 bridgehead atoms. The second-order valence-corrected chi connectivity index (χ2v) is 11.3. The molecule has 1 fully saturated rings. The van der Waals surface area contributed by atoms with E-state index in [1.807, 2.05) is 0 Å². The molecule has 0 N–H and O–H groups in total. The lowest BCUT2D eigenvalue weighted by atomic mass is 9.78. The van der Waals surface area contributed by atoms with Crippen LogP contribution in [0.4, 0.5) is 5.69 Å². The first-order chi connectivity index (χ1) is 15.0. The van der Waals surface area contributed by atoms with Crippen LogP contribution in [0.2, 0.25) is 0 Å². The van der Waals surface area contributed by atoms with Crippen LogP contribution in [-0.4, -0.2) is 34.5 Å². The molecule has 172 valence electrons. The molecule has 2 heterocycles. The lowest BCUT2D eigenvalue weighted by Crippen LogP contribution is -2.59. The summed E-state index contributed by atoms with van der Waals surface area (Å²) in [5.74, 6) is 0. The van der Waals surface area contributed by atoms with Crippen LogP contribution in [0.1, 0.15) is 71.9 Å². The van der Waals surface area contributed by atoms with Crippen molar-refractivity contribution in [2.45, 2.75) is 84.8 Å². The molecule has 0 amide bonds. The molecule has 0 aromatic heterocycles. The van der Waals surface area contributed by atoms with E-state index in [0.717, 1.165) is 24.2 Å². The van der Waals surface area contributed by atoms with Crippen LogP contribution in [0.15, 0.2) is 59.7 Å². The number of hydrogen-bond donors (Lipinski definition) is 0. The quantitative estimate of drug-likeness (QED) is 0.532. The topological polar surface area (TPSA) is 28.1 Å². The first-order valence-electron chi connectivity index (χ1n) is 12.0. The zero-order chi connectivity index (χ0) is 23.1. The monoisotopic (exact) mass is 433 g/mol. The van der Waals surface area contributed by atoms with E-state index in [-0.39, 0.29) is 22.5 Å². The maximum Gasteiger partial charge on any atom is 0.0919 e. The molecule has 4 rings (SSSR count). The Labute approximate surface area is 194 Å². The van der Waals surface area contributed by atoms with Crippen molar-refractivity contribution in [3.63, 3.8) is 0 Å². The molecule has 2 aromatic carbocycles. The number of benzene rings is 2. The first-order valence-corrected chi connectivity index (χ1v) is 12.0. The van der Waals surface area contributed by atoms with Gasteiger partial charge in [-0.1, -0.05) is 61.9 Å². The molecular formula is C28H39N3O. The van der Waals surface area contributed by atoms with Crippen molar-refractivity contribution < 1.29 is 4.84 Å². The lowest BCUT2D eigenvalue weighted by molar-refractivity contribution is -0.284. The molecule has 2 aliphatic heterocycles. The molecule has 1 saturated heterocycles. The average molecular weight is 434 g/mol. The van der Waals surface area contributed by atoms with Crippen LogP contribution >= 0.6 is 0 Å². The van der Waals surface area contributed by atoms with Crippen LogP contribution in [0.5, 0.6) is 0 Å². The summed E-state index contributed by atoms with van der Waals surface area (Å²) in [6.45, 7) is 16.5. The van der Waals surface area contributed by atoms with E-state index < -0.39 is 0 Å². The molecular weight excluding hydrogens is 394 g/mol. The zero-order valence-electron chi connectivity index (χ0n) is 20.9. The van der Waals surface area contributed by atoms with E-state index in [0.29, 0.717) is 6.61 Å². The molecule has 1 unspecified atom stereocenters. The van der Waals surface area contributed by atoms with Crippen LogP contribution in [-0.2, 0) is 4.84 Å². The van der Waals surface area contributed by atoms with Crippen molar-refractivity contribution >= 4 is 11.4 Å². The number of hydrazone groups is 1. The van der Waals surface area contributed by atoms with E-state index in [1.54, 1.807) is 0 Å². The van der Waals surface area contributed by atoms with Crippen LogP contribution in [0, 0.1) is 12.3 Å². The minimum atomic E-state index is -0.170. The highest BCUT2D eigenvalue weighted by Crippen LogP contribution is 2.42. The summed E-state index contributed by atoms with van der Waals surface area (Å²) in [4.78, 5) is 6.71. The number of hydroxylamine groups is 2. The summed E-state index contributed by atoms with van der Waals surface area (Å²) in [6, 6.07) is 19.3. The normalized spacial score (nSPS) is 24.4. The van der Waals surface area contributed by atoms with E-state index in [4.69, 9.17) is 9.94 Å². The Balaban J connectivity index is 1.67. The predicted molar refractivity (Wildman–Crippen MR) is 134 cm³/mol. The van der Waals surface area contributed by atoms with Gasteiger partial charge in [0, 0.05) is 16.5 Å². The summed E-state index contributed by atoms with van der Waals surface area (Å²) in [5, 5.41) is 9.64. The molecule has 0 aliphatic carbocycles. The van der Waals surface area contributed by atoms with E-state index in [2.05, 4.69) is 113 Å². The Morgan fingerprint density at radius 3 is 2.06 bits per heavy atom. The van der Waals surface area contributed by atoms with Crippen molar-refractivity contribution in [1.82, 2.24) is 5.06 Å². The lowest BCUT2D eigenvalue weighted by Gasteiger charge is -2.52. The molecule has 2 aliphatic rings. The first kappa shape index (κ1) is 23.0. The van der Waals surface area contributed by atoms with E-state index in [1.165, 1.54) is 17.5 Å². The van der Waals surface area contributed by atoms with Gasteiger partial charge in [0.25, 0.3) is 0 Å². The fourth-order valence-electron chi connectivity index (χ4n) is 5.48. The second-order valence-electron chi connectivity index (χ2n) is 11.3. The fraction of sp³-hybridized carbons (Fsp3) is 0.536. The van der Waals surface area contributed by atoms with Gasteiger partial charge in [-0.25, -0.2) is 0 Å². The van der Waals surface area contributed by atoms with Crippen molar-refractivity contribution in [3.05, 3.63) is 65.7 Å². The van der Waals surface area contributed by atoms with Gasteiger partial charge in [0.05, 0.1) is 24.0 Å². The van der Waals surface area contributed by atoms with E-state index >= 15 is 0 Å². The maximum atomic E-state index is 6.71. The second kappa shape index (κ2) is 8.31. The molecule has 1 atom stereocenters. The van der Waals surface area contributed by atoms with Crippen molar-refractivity contribution in [3.8, 4) is 0 Å². The third-order valence-corrected chi connectivity index (χ3v) is 7.33. The van der Waals surface area contributed by atoms with Crippen molar-refractivity contribution in [2.75, 3.05) is 11.6 Å². The third-order valence-electron chi connectivity index (χ3n) is 7.33. The zero-order valence-corrected chi connectivity index (χ0v) is 20.9. The van der Waals surface area contributed by atoms with Crippen LogP contribution < -0.4 is 5.01 Å². The summed E-state index contributed by atoms with van der Waals surface area (Å²) in [5.41, 5.74) is 4.52. The summed E-state index contributed by atoms with van der Waals surface area (Å²) >= 11 is 0. The SMILES string of the molecule is Cc1ccc(N2N=C(c3ccccc3)C(C)(C)C2CON2C(C)(C)CCCC2(C)C)cc1. The molecule has 0 radical (unpaired) electrons. The Morgan fingerprint density at radius 1 is 0.875 bits per heavy atom. The van der Waals surface area contributed by atoms with Gasteiger partial charge in [0.2, 0.25) is 0 Å². The smallest absolute Gasteiger partial charge is 0.0919 e. The Kier molecular flexibility index (Phi) is 5.98. The van der Waals surface area contributed by atoms with Crippen molar-refractivity contribution in [2.24, 2.45) is 10.5 Å². The Morgan fingerprint density at radius 2 is 1.47 bits per heavy atom. The van der Waals surface area contributed by atoms with Crippen LogP contribution in [0.3, 0.4) is 0 Å². The summed E-state index contributed by atoms with van der Waals surface area (Å²) < 4.78 is 0. The minimum Gasteiger partial charge on any atom is -0.296 e. The van der Waals surface area contributed by atoms with Gasteiger partial charge in [-0.2, -0.15) is 10.2 Å². The maximum absolute atomic E-state index is 6.71. The summed E-state index contributed by atoms with van der Waals surface area (Å²) in [7, 11) is 0. The largest absolute Gasteiger partial charge is 0.296 e. The minimum absolute atomic E-state index is 0.0162. The highest BCUT2D eigenvalue weighted by atomic mass is 16.7. The van der Waals surface area contributed by atoms with Gasteiger partial charge in [0.1, 0.15) is 0 Å². The van der Waals surface area contributed by atoms with E-state index in [9.17, 15) is 0 Å². The van der Waals surface area contributed by atoms with Gasteiger partial charge in [-0.05, 0) is 71.6 Å². The number of anilines is 1.